The number of ether oxygens (including phenoxy) is 1. The molecule has 0 saturated carbocycles. The summed E-state index contributed by atoms with van der Waals surface area (Å²) in [6.45, 7) is 0.414. The SMILES string of the molecule is COc1cccc(CNC(=O)c2cc3ccc(-c4ccnc(N)n4)cc3[nH]2)c1. The summed E-state index contributed by atoms with van der Waals surface area (Å²) < 4.78 is 5.21. The number of amides is 1. The fourth-order valence-electron chi connectivity index (χ4n) is 3.00. The number of fused-ring (bicyclic) bond motifs is 1. The predicted molar refractivity (Wildman–Crippen MR) is 108 cm³/mol. The minimum atomic E-state index is -0.174. The zero-order valence-electron chi connectivity index (χ0n) is 15.3. The molecule has 4 aromatic rings. The Bertz CT molecular complexity index is 1150. The molecule has 4 rings (SSSR count). The Morgan fingerprint density at radius 3 is 2.89 bits per heavy atom. The molecule has 7 nitrogen and oxygen atoms in total. The van der Waals surface area contributed by atoms with Crippen LogP contribution < -0.4 is 15.8 Å². The second kappa shape index (κ2) is 7.40. The van der Waals surface area contributed by atoms with E-state index in [0.717, 1.165) is 33.5 Å². The minimum absolute atomic E-state index is 0.174. The molecule has 0 spiro atoms. The third-order valence-electron chi connectivity index (χ3n) is 4.42. The maximum atomic E-state index is 12.5. The average molecular weight is 373 g/mol. The number of methoxy groups -OCH3 is 1. The lowest BCUT2D eigenvalue weighted by molar-refractivity contribution is 0.0946. The molecule has 0 unspecified atom stereocenters. The molecule has 0 saturated heterocycles. The Labute approximate surface area is 161 Å². The summed E-state index contributed by atoms with van der Waals surface area (Å²) in [5, 5.41) is 3.86. The molecular formula is C21H19N5O2. The first kappa shape index (κ1) is 17.5. The number of nitrogen functional groups attached to an aromatic ring is 1. The van der Waals surface area contributed by atoms with Crippen LogP contribution in [0.2, 0.25) is 0 Å². The van der Waals surface area contributed by atoms with Crippen molar-refractivity contribution in [3.05, 3.63) is 72.1 Å². The van der Waals surface area contributed by atoms with Gasteiger partial charge in [0.25, 0.3) is 5.91 Å². The lowest BCUT2D eigenvalue weighted by Gasteiger charge is -2.06. The maximum Gasteiger partial charge on any atom is 0.267 e. The largest absolute Gasteiger partial charge is 0.497 e. The van der Waals surface area contributed by atoms with Gasteiger partial charge in [-0.3, -0.25) is 4.79 Å². The zero-order valence-corrected chi connectivity index (χ0v) is 15.3. The molecule has 7 heteroatoms. The maximum absolute atomic E-state index is 12.5. The average Bonchev–Trinajstić information content (AvgIpc) is 3.15. The topological polar surface area (TPSA) is 106 Å². The zero-order chi connectivity index (χ0) is 19.5. The number of nitrogens with zero attached hydrogens (tertiary/aromatic N) is 2. The van der Waals surface area contributed by atoms with Crippen LogP contribution in [0.15, 0.2) is 60.8 Å². The van der Waals surface area contributed by atoms with E-state index in [1.807, 2.05) is 48.5 Å². The van der Waals surface area contributed by atoms with E-state index in [9.17, 15) is 4.79 Å². The second-order valence-corrected chi connectivity index (χ2v) is 6.32. The van der Waals surface area contributed by atoms with Crippen molar-refractivity contribution in [3.8, 4) is 17.0 Å². The fourth-order valence-corrected chi connectivity index (χ4v) is 3.00. The number of benzene rings is 2. The summed E-state index contributed by atoms with van der Waals surface area (Å²) in [5.41, 5.74) is 9.60. The number of hydrogen-bond donors (Lipinski definition) is 3. The van der Waals surface area contributed by atoms with Gasteiger partial charge in [0.2, 0.25) is 5.95 Å². The fraction of sp³-hybridized carbons (Fsp3) is 0.0952. The molecule has 2 aromatic heterocycles. The number of nitrogens with two attached hydrogens (primary N) is 1. The van der Waals surface area contributed by atoms with Crippen LogP contribution in [0.1, 0.15) is 16.1 Å². The van der Waals surface area contributed by atoms with Crippen molar-refractivity contribution in [2.45, 2.75) is 6.54 Å². The van der Waals surface area contributed by atoms with Gasteiger partial charge in [0, 0.05) is 29.2 Å². The Morgan fingerprint density at radius 2 is 2.07 bits per heavy atom. The quantitative estimate of drug-likeness (QED) is 0.498. The van der Waals surface area contributed by atoms with Gasteiger partial charge in [0.05, 0.1) is 12.8 Å². The molecule has 28 heavy (non-hydrogen) atoms. The number of carbonyl (C=O) groups excluding carboxylic acids is 1. The van der Waals surface area contributed by atoms with E-state index in [1.165, 1.54) is 0 Å². The molecule has 4 N–H and O–H groups in total. The number of nitrogens with one attached hydrogen (secondary N) is 2. The van der Waals surface area contributed by atoms with E-state index < -0.39 is 0 Å². The van der Waals surface area contributed by atoms with Crippen molar-refractivity contribution >= 4 is 22.8 Å². The van der Waals surface area contributed by atoms with Gasteiger partial charge >= 0.3 is 0 Å². The summed E-state index contributed by atoms with van der Waals surface area (Å²) in [5.74, 6) is 0.809. The summed E-state index contributed by atoms with van der Waals surface area (Å²) in [4.78, 5) is 23.8. The molecule has 0 radical (unpaired) electrons. The van der Waals surface area contributed by atoms with E-state index in [2.05, 4.69) is 20.3 Å². The molecule has 2 aromatic carbocycles. The number of anilines is 1. The van der Waals surface area contributed by atoms with E-state index in [1.54, 1.807) is 19.4 Å². The number of H-pyrrole nitrogens is 1. The van der Waals surface area contributed by atoms with Crippen molar-refractivity contribution in [3.63, 3.8) is 0 Å². The van der Waals surface area contributed by atoms with Crippen molar-refractivity contribution in [2.24, 2.45) is 0 Å². The summed E-state index contributed by atoms with van der Waals surface area (Å²) in [7, 11) is 1.62. The number of aromatic nitrogens is 3. The highest BCUT2D eigenvalue weighted by Crippen LogP contribution is 2.24. The Hall–Kier alpha value is -3.87. The number of hydrogen-bond acceptors (Lipinski definition) is 5. The molecule has 0 aliphatic heterocycles. The highest BCUT2D eigenvalue weighted by atomic mass is 16.5. The number of carbonyl (C=O) groups is 1. The first-order chi connectivity index (χ1) is 13.6. The molecule has 0 bridgehead atoms. The van der Waals surface area contributed by atoms with E-state index in [0.29, 0.717) is 12.2 Å². The van der Waals surface area contributed by atoms with Crippen molar-refractivity contribution in [2.75, 3.05) is 12.8 Å². The summed E-state index contributed by atoms with van der Waals surface area (Å²) in [6.07, 6.45) is 1.62. The van der Waals surface area contributed by atoms with Gasteiger partial charge in [-0.1, -0.05) is 24.3 Å². The Kier molecular flexibility index (Phi) is 4.63. The van der Waals surface area contributed by atoms with Crippen LogP contribution in [-0.4, -0.2) is 28.0 Å². The Morgan fingerprint density at radius 1 is 1.18 bits per heavy atom. The van der Waals surface area contributed by atoms with E-state index in [-0.39, 0.29) is 11.9 Å². The van der Waals surface area contributed by atoms with Gasteiger partial charge in [0.1, 0.15) is 11.4 Å². The monoisotopic (exact) mass is 373 g/mol. The van der Waals surface area contributed by atoms with Crippen molar-refractivity contribution in [1.82, 2.24) is 20.3 Å². The molecule has 0 aliphatic rings. The van der Waals surface area contributed by atoms with Crippen LogP contribution in [0.25, 0.3) is 22.2 Å². The Balaban J connectivity index is 1.53. The van der Waals surface area contributed by atoms with Gasteiger partial charge in [-0.25, -0.2) is 9.97 Å². The van der Waals surface area contributed by atoms with Gasteiger partial charge in [-0.15, -0.1) is 0 Å². The van der Waals surface area contributed by atoms with Gasteiger partial charge in [-0.05, 0) is 35.9 Å². The third-order valence-corrected chi connectivity index (χ3v) is 4.42. The molecule has 140 valence electrons. The van der Waals surface area contributed by atoms with Gasteiger partial charge in [0.15, 0.2) is 0 Å². The van der Waals surface area contributed by atoms with Gasteiger partial charge < -0.3 is 20.8 Å². The number of rotatable bonds is 5. The van der Waals surface area contributed by atoms with E-state index in [4.69, 9.17) is 10.5 Å². The molecule has 0 atom stereocenters. The van der Waals surface area contributed by atoms with Crippen LogP contribution in [-0.2, 0) is 6.54 Å². The highest BCUT2D eigenvalue weighted by Gasteiger charge is 2.11. The van der Waals surface area contributed by atoms with Crippen LogP contribution in [0.3, 0.4) is 0 Å². The summed E-state index contributed by atoms with van der Waals surface area (Å²) >= 11 is 0. The highest BCUT2D eigenvalue weighted by molar-refractivity contribution is 5.98. The van der Waals surface area contributed by atoms with Crippen molar-refractivity contribution < 1.29 is 9.53 Å². The first-order valence-electron chi connectivity index (χ1n) is 8.75. The summed E-state index contributed by atoms with van der Waals surface area (Å²) in [6, 6.07) is 17.0. The number of aromatic amines is 1. The normalized spacial score (nSPS) is 10.8. The molecule has 0 aliphatic carbocycles. The molecular weight excluding hydrogens is 354 g/mol. The molecule has 1 amide bonds. The van der Waals surface area contributed by atoms with Crippen molar-refractivity contribution in [1.29, 1.82) is 0 Å². The van der Waals surface area contributed by atoms with Crippen LogP contribution >= 0.6 is 0 Å². The van der Waals surface area contributed by atoms with Crippen LogP contribution in [0, 0.1) is 0 Å². The van der Waals surface area contributed by atoms with E-state index >= 15 is 0 Å². The predicted octanol–water partition coefficient (Wildman–Crippen LogP) is 3.15. The third kappa shape index (κ3) is 3.64. The standard InChI is InChI=1S/C21H19N5O2/c1-28-16-4-2-3-13(9-16)12-24-20(27)19-11-15-6-5-14(10-18(15)25-19)17-7-8-23-21(22)26-17/h2-11,25H,12H2,1H3,(H,24,27)(H2,22,23,26). The molecule has 2 heterocycles. The minimum Gasteiger partial charge on any atom is -0.497 e. The smallest absolute Gasteiger partial charge is 0.267 e. The molecule has 0 fully saturated rings. The van der Waals surface area contributed by atoms with Gasteiger partial charge in [-0.2, -0.15) is 0 Å². The lowest BCUT2D eigenvalue weighted by atomic mass is 10.1. The lowest BCUT2D eigenvalue weighted by Crippen LogP contribution is -2.23. The van der Waals surface area contributed by atoms with Crippen LogP contribution in [0.4, 0.5) is 5.95 Å². The first-order valence-corrected chi connectivity index (χ1v) is 8.75. The van der Waals surface area contributed by atoms with Crippen LogP contribution in [0.5, 0.6) is 5.75 Å². The second-order valence-electron chi connectivity index (χ2n) is 6.32.